The molecule has 2 saturated carbocycles. The fourth-order valence-corrected chi connectivity index (χ4v) is 2.60. The highest BCUT2D eigenvalue weighted by Gasteiger charge is 2.51. The Morgan fingerprint density at radius 3 is 2.33 bits per heavy atom. The van der Waals surface area contributed by atoms with Crippen molar-refractivity contribution in [3.8, 4) is 0 Å². The van der Waals surface area contributed by atoms with Crippen molar-refractivity contribution in [3.63, 3.8) is 0 Å². The van der Waals surface area contributed by atoms with Crippen LogP contribution in [0.4, 0.5) is 4.79 Å². The van der Waals surface area contributed by atoms with Crippen molar-refractivity contribution in [2.45, 2.75) is 64.5 Å². The lowest BCUT2D eigenvalue weighted by molar-refractivity contribution is -0.0249. The first-order valence-corrected chi connectivity index (χ1v) is 5.91. The zero-order valence-electron chi connectivity index (χ0n) is 9.93. The largest absolute Gasteiger partial charge is 0.444 e. The van der Waals surface area contributed by atoms with Crippen LogP contribution < -0.4 is 5.32 Å². The molecule has 15 heavy (non-hydrogen) atoms. The molecule has 0 bridgehead atoms. The summed E-state index contributed by atoms with van der Waals surface area (Å²) in [6.07, 6.45) is 6.05. The van der Waals surface area contributed by atoms with E-state index in [9.17, 15) is 4.79 Å². The zero-order valence-corrected chi connectivity index (χ0v) is 9.93. The van der Waals surface area contributed by atoms with Gasteiger partial charge in [-0.1, -0.05) is 6.42 Å². The minimum Gasteiger partial charge on any atom is -0.444 e. The van der Waals surface area contributed by atoms with Crippen LogP contribution in [0.5, 0.6) is 0 Å². The van der Waals surface area contributed by atoms with Crippen LogP contribution in [0.1, 0.15) is 52.9 Å². The highest BCUT2D eigenvalue weighted by atomic mass is 16.6. The van der Waals surface area contributed by atoms with Crippen LogP contribution in [0.25, 0.3) is 0 Å². The van der Waals surface area contributed by atoms with Gasteiger partial charge in [0.25, 0.3) is 0 Å². The topological polar surface area (TPSA) is 38.3 Å². The van der Waals surface area contributed by atoms with E-state index in [2.05, 4.69) is 5.32 Å². The third-order valence-electron chi connectivity index (χ3n) is 3.71. The molecule has 2 aliphatic rings. The molecule has 0 saturated heterocycles. The number of alkyl carbamates (subject to hydrolysis) is 1. The Morgan fingerprint density at radius 2 is 2.00 bits per heavy atom. The highest BCUT2D eigenvalue weighted by molar-refractivity contribution is 5.68. The first-order chi connectivity index (χ1) is 6.91. The summed E-state index contributed by atoms with van der Waals surface area (Å²) in [5.74, 6) is 0. The highest BCUT2D eigenvalue weighted by Crippen LogP contribution is 2.55. The maximum absolute atomic E-state index is 11.6. The van der Waals surface area contributed by atoms with E-state index in [-0.39, 0.29) is 11.7 Å². The molecule has 3 nitrogen and oxygen atoms in total. The zero-order chi connectivity index (χ0) is 11.1. The summed E-state index contributed by atoms with van der Waals surface area (Å²) < 4.78 is 5.26. The molecule has 0 aliphatic heterocycles. The van der Waals surface area contributed by atoms with E-state index in [1.54, 1.807) is 0 Å². The summed E-state index contributed by atoms with van der Waals surface area (Å²) in [5.41, 5.74) is 0.0670. The van der Waals surface area contributed by atoms with Gasteiger partial charge in [-0.2, -0.15) is 0 Å². The third kappa shape index (κ3) is 2.11. The molecule has 0 heterocycles. The Kier molecular flexibility index (Phi) is 2.44. The molecule has 1 amide bonds. The Balaban J connectivity index is 1.80. The van der Waals surface area contributed by atoms with Gasteiger partial charge in [-0.15, -0.1) is 0 Å². The van der Waals surface area contributed by atoms with Gasteiger partial charge in [-0.3, -0.25) is 0 Å². The number of ether oxygens (including phenoxy) is 1. The fourth-order valence-electron chi connectivity index (χ4n) is 2.60. The van der Waals surface area contributed by atoms with Crippen molar-refractivity contribution in [3.05, 3.63) is 0 Å². The SMILES string of the molecule is CC(C)(C)OC(=O)N[C@H]1CCC12CCC2. The number of nitrogens with one attached hydrogen (secondary N) is 1. The first-order valence-electron chi connectivity index (χ1n) is 5.91. The van der Waals surface area contributed by atoms with Crippen LogP contribution in [0.15, 0.2) is 0 Å². The summed E-state index contributed by atoms with van der Waals surface area (Å²) in [4.78, 5) is 11.6. The van der Waals surface area contributed by atoms with Gasteiger partial charge in [0.1, 0.15) is 5.60 Å². The number of hydrogen-bond acceptors (Lipinski definition) is 2. The molecule has 0 radical (unpaired) electrons. The fraction of sp³-hybridized carbons (Fsp3) is 0.917. The molecule has 0 aromatic heterocycles. The molecule has 1 spiro atoms. The summed E-state index contributed by atoms with van der Waals surface area (Å²) in [6, 6.07) is 0.376. The smallest absolute Gasteiger partial charge is 0.407 e. The number of rotatable bonds is 1. The normalized spacial score (nSPS) is 27.8. The molecule has 3 heteroatoms. The van der Waals surface area contributed by atoms with E-state index in [1.807, 2.05) is 20.8 Å². The lowest BCUT2D eigenvalue weighted by Crippen LogP contribution is -2.58. The van der Waals surface area contributed by atoms with Gasteiger partial charge in [-0.25, -0.2) is 4.79 Å². The van der Waals surface area contributed by atoms with E-state index in [0.29, 0.717) is 11.5 Å². The molecule has 1 N–H and O–H groups in total. The second-order valence-corrected chi connectivity index (χ2v) is 5.95. The van der Waals surface area contributed by atoms with Gasteiger partial charge < -0.3 is 10.1 Å². The van der Waals surface area contributed by atoms with Gasteiger partial charge in [0.05, 0.1) is 0 Å². The van der Waals surface area contributed by atoms with Crippen LogP contribution in [0.3, 0.4) is 0 Å². The van der Waals surface area contributed by atoms with E-state index >= 15 is 0 Å². The molecule has 2 fully saturated rings. The average molecular weight is 211 g/mol. The summed E-state index contributed by atoms with van der Waals surface area (Å²) in [5, 5.41) is 3.00. The molecule has 1 atom stereocenters. The maximum atomic E-state index is 11.6. The van der Waals surface area contributed by atoms with Gasteiger partial charge in [0.2, 0.25) is 0 Å². The minimum atomic E-state index is -0.388. The Bertz CT molecular complexity index is 258. The molecule has 0 aromatic carbocycles. The standard InChI is InChI=1S/C12H21NO2/c1-11(2,3)15-10(14)13-9-5-8-12(9)6-4-7-12/h9H,4-8H2,1-3H3,(H,13,14)/t9-/m0/s1. The molecule has 0 unspecified atom stereocenters. The molecular weight excluding hydrogens is 190 g/mol. The van der Waals surface area contributed by atoms with Crippen molar-refractivity contribution < 1.29 is 9.53 Å². The third-order valence-corrected chi connectivity index (χ3v) is 3.71. The number of amides is 1. The van der Waals surface area contributed by atoms with Gasteiger partial charge in [0.15, 0.2) is 0 Å². The van der Waals surface area contributed by atoms with Crippen LogP contribution in [-0.2, 0) is 4.74 Å². The predicted octanol–water partition coefficient (Wildman–Crippen LogP) is 2.84. The van der Waals surface area contributed by atoms with Crippen molar-refractivity contribution in [2.24, 2.45) is 5.41 Å². The van der Waals surface area contributed by atoms with Crippen molar-refractivity contribution in [1.29, 1.82) is 0 Å². The number of carbonyl (C=O) groups is 1. The van der Waals surface area contributed by atoms with Gasteiger partial charge >= 0.3 is 6.09 Å². The first kappa shape index (κ1) is 10.8. The molecule has 86 valence electrons. The van der Waals surface area contributed by atoms with Gasteiger partial charge in [-0.05, 0) is 51.9 Å². The Morgan fingerprint density at radius 1 is 1.33 bits per heavy atom. The van der Waals surface area contributed by atoms with E-state index in [1.165, 1.54) is 25.7 Å². The van der Waals surface area contributed by atoms with E-state index < -0.39 is 0 Å². The average Bonchev–Trinajstić information content (AvgIpc) is 1.91. The monoisotopic (exact) mass is 211 g/mol. The van der Waals surface area contributed by atoms with E-state index in [0.717, 1.165) is 6.42 Å². The van der Waals surface area contributed by atoms with Crippen molar-refractivity contribution >= 4 is 6.09 Å². The Labute approximate surface area is 91.6 Å². The predicted molar refractivity (Wildman–Crippen MR) is 58.7 cm³/mol. The number of hydrogen-bond donors (Lipinski definition) is 1. The molecule has 0 aromatic rings. The van der Waals surface area contributed by atoms with Crippen molar-refractivity contribution in [2.75, 3.05) is 0 Å². The second-order valence-electron chi connectivity index (χ2n) is 5.95. The minimum absolute atomic E-state index is 0.251. The van der Waals surface area contributed by atoms with Crippen LogP contribution in [-0.4, -0.2) is 17.7 Å². The Hall–Kier alpha value is -0.730. The maximum Gasteiger partial charge on any atom is 0.407 e. The molecule has 2 rings (SSSR count). The quantitative estimate of drug-likeness (QED) is 0.724. The van der Waals surface area contributed by atoms with E-state index in [4.69, 9.17) is 4.74 Å². The molecular formula is C12H21NO2. The van der Waals surface area contributed by atoms with Crippen LogP contribution >= 0.6 is 0 Å². The number of carbonyl (C=O) groups excluding carboxylic acids is 1. The lowest BCUT2D eigenvalue weighted by Gasteiger charge is -2.56. The second kappa shape index (κ2) is 3.39. The van der Waals surface area contributed by atoms with Crippen LogP contribution in [0, 0.1) is 5.41 Å². The summed E-state index contributed by atoms with van der Waals surface area (Å²) >= 11 is 0. The molecule has 2 aliphatic carbocycles. The lowest BCUT2D eigenvalue weighted by atomic mass is 9.53. The van der Waals surface area contributed by atoms with Gasteiger partial charge in [0, 0.05) is 6.04 Å². The summed E-state index contributed by atoms with van der Waals surface area (Å²) in [6.45, 7) is 5.69. The van der Waals surface area contributed by atoms with Crippen LogP contribution in [0.2, 0.25) is 0 Å². The summed E-state index contributed by atoms with van der Waals surface area (Å²) in [7, 11) is 0. The van der Waals surface area contributed by atoms with Crippen molar-refractivity contribution in [1.82, 2.24) is 5.32 Å².